The van der Waals surface area contributed by atoms with Crippen LogP contribution in [-0.4, -0.2) is 144 Å². The number of nitrogens with zero attached hydrogens (tertiary/aromatic N) is 13. The van der Waals surface area contributed by atoms with Crippen LogP contribution < -0.4 is 10.6 Å². The minimum Gasteiger partial charge on any atom is -0.467 e. The summed E-state index contributed by atoms with van der Waals surface area (Å²) < 4.78 is 201. The van der Waals surface area contributed by atoms with Gasteiger partial charge in [0.2, 0.25) is 0 Å². The molecule has 0 aliphatic carbocycles. The number of likely N-dealkylation sites (tertiary alicyclic amines) is 2. The summed E-state index contributed by atoms with van der Waals surface area (Å²) in [7, 11) is 6.22. The Hall–Kier alpha value is -10.4. The summed E-state index contributed by atoms with van der Waals surface area (Å²) >= 11 is 11.5. The lowest BCUT2D eigenvalue weighted by atomic mass is 10.2. The van der Waals surface area contributed by atoms with Crippen molar-refractivity contribution in [2.75, 3.05) is 39.3 Å². The Labute approximate surface area is 687 Å². The molecule has 12 aromatic rings. The number of furan rings is 1. The highest BCUT2D eigenvalue weighted by Crippen LogP contribution is 2.41. The number of aryl methyl sites for hydroxylation is 5. The normalized spacial score (nSPS) is 13.6. The number of hydrogen-bond acceptors (Lipinski definition) is 17. The SMILES string of the molecule is CCCN(CC)C(=O)c1ccc(-c2cc(C(F)(F)F)n(C)n2)s1.Cn1nc(-c2ccc(C(=O)N3CCC3)s2)cc1C(F)(F)F.Cn1nc(-c2ccc(C(=O)N3CCCC3CO)s2)cc1C(F)(F)F.Cn1nc(-c2ccc(C(=O)NCc3cccc(Cl)c3)s2)cc1C(F)(F)F.Cn1nc(-c2ccc(C(=O)NCc3ccco3)s2)cc1C(F)(F)F. The number of carbonyl (C=O) groups is 5. The topological polar surface area (TPSA) is 242 Å². The van der Waals surface area contributed by atoms with Gasteiger partial charge in [0.15, 0.2) is 0 Å². The first-order valence-electron chi connectivity index (χ1n) is 35.4. The van der Waals surface area contributed by atoms with Gasteiger partial charge in [-0.05, 0) is 153 Å². The fourth-order valence-electron chi connectivity index (χ4n) is 11.8. The summed E-state index contributed by atoms with van der Waals surface area (Å²) in [5.41, 5.74) is -2.27. The molecule has 630 valence electrons. The minimum atomic E-state index is -4.48. The number of halogens is 16. The van der Waals surface area contributed by atoms with Crippen LogP contribution in [0.15, 0.2) is 138 Å². The van der Waals surface area contributed by atoms with Crippen molar-refractivity contribution in [1.82, 2.24) is 74.2 Å². The average molecular weight is 1780 g/mol. The number of nitrogens with one attached hydrogen (secondary N) is 2. The number of carbonyl (C=O) groups excluding carboxylic acids is 5. The molecule has 0 bridgehead atoms. The molecule has 3 N–H and O–H groups in total. The van der Waals surface area contributed by atoms with E-state index in [2.05, 4.69) is 36.1 Å². The van der Waals surface area contributed by atoms with Crippen molar-refractivity contribution in [3.63, 3.8) is 0 Å². The van der Waals surface area contributed by atoms with Gasteiger partial charge in [-0.25, -0.2) is 0 Å². The second-order valence-corrected chi connectivity index (χ2v) is 31.9. The van der Waals surface area contributed by atoms with E-state index < -0.39 is 59.4 Å². The van der Waals surface area contributed by atoms with Crippen molar-refractivity contribution in [2.24, 2.45) is 35.2 Å². The number of aliphatic hydroxyl groups is 1. The van der Waals surface area contributed by atoms with Crippen molar-refractivity contribution in [2.45, 2.75) is 89.5 Å². The number of amides is 5. The summed E-state index contributed by atoms with van der Waals surface area (Å²) in [6, 6.07) is 31.3. The number of aliphatic hydroxyl groups excluding tert-OH is 1. The summed E-state index contributed by atoms with van der Waals surface area (Å²) in [5, 5.41) is 34.8. The Morgan fingerprint density at radius 1 is 0.475 bits per heavy atom. The molecule has 2 fully saturated rings. The molecule has 1 aromatic carbocycles. The molecule has 1 unspecified atom stereocenters. The number of rotatable bonds is 18. The third-order valence-electron chi connectivity index (χ3n) is 17.7. The number of aromatic nitrogens is 10. The molecule has 13 heterocycles. The first kappa shape index (κ1) is 89.9. The molecular formula is C75H71ClF15N15O7S5. The van der Waals surface area contributed by atoms with Gasteiger partial charge in [-0.15, -0.1) is 56.7 Å². The number of benzene rings is 1. The zero-order valence-corrected chi connectivity index (χ0v) is 67.9. The van der Waals surface area contributed by atoms with Crippen molar-refractivity contribution >= 4 is 97.8 Å². The van der Waals surface area contributed by atoms with Crippen molar-refractivity contribution in [3.8, 4) is 52.9 Å². The van der Waals surface area contributed by atoms with Gasteiger partial charge in [-0.2, -0.15) is 91.3 Å². The number of alkyl halides is 15. The van der Waals surface area contributed by atoms with E-state index in [1.165, 1.54) is 52.8 Å². The molecule has 2 saturated heterocycles. The van der Waals surface area contributed by atoms with Gasteiger partial charge in [0, 0.05) is 79.5 Å². The molecule has 0 radical (unpaired) electrons. The third kappa shape index (κ3) is 22.5. The van der Waals surface area contributed by atoms with Gasteiger partial charge >= 0.3 is 30.9 Å². The Kier molecular flexibility index (Phi) is 28.7. The van der Waals surface area contributed by atoms with E-state index in [9.17, 15) is 94.9 Å². The largest absolute Gasteiger partial charge is 0.467 e. The van der Waals surface area contributed by atoms with Crippen LogP contribution in [0.1, 0.15) is 128 Å². The molecule has 0 saturated carbocycles. The maximum Gasteiger partial charge on any atom is 0.433 e. The third-order valence-corrected chi connectivity index (χ3v) is 23.5. The van der Waals surface area contributed by atoms with E-state index in [1.807, 2.05) is 19.9 Å². The van der Waals surface area contributed by atoms with Crippen LogP contribution in [0.4, 0.5) is 65.9 Å². The molecule has 118 heavy (non-hydrogen) atoms. The summed E-state index contributed by atoms with van der Waals surface area (Å²) in [4.78, 5) is 71.1. The van der Waals surface area contributed by atoms with Crippen LogP contribution in [0.5, 0.6) is 0 Å². The lowest BCUT2D eigenvalue weighted by Crippen LogP contribution is -2.41. The Morgan fingerprint density at radius 2 is 0.847 bits per heavy atom. The lowest BCUT2D eigenvalue weighted by Gasteiger charge is -2.30. The summed E-state index contributed by atoms with van der Waals surface area (Å²) in [5.74, 6) is -0.390. The van der Waals surface area contributed by atoms with Crippen LogP contribution in [0, 0.1) is 0 Å². The zero-order valence-electron chi connectivity index (χ0n) is 63.1. The van der Waals surface area contributed by atoms with E-state index in [0.29, 0.717) is 85.7 Å². The molecule has 2 aliphatic rings. The van der Waals surface area contributed by atoms with Crippen LogP contribution in [0.25, 0.3) is 52.9 Å². The maximum absolute atomic E-state index is 12.9. The first-order chi connectivity index (χ1) is 55.5. The molecule has 2 aliphatic heterocycles. The fraction of sp³-hybridized carbons (Fsp3) is 0.333. The number of thiophene rings is 5. The second-order valence-electron chi connectivity index (χ2n) is 26.1. The van der Waals surface area contributed by atoms with Crippen molar-refractivity contribution in [3.05, 3.63) is 203 Å². The molecule has 22 nitrogen and oxygen atoms in total. The van der Waals surface area contributed by atoms with Crippen molar-refractivity contribution in [1.29, 1.82) is 0 Å². The van der Waals surface area contributed by atoms with E-state index in [4.69, 9.17) is 16.0 Å². The van der Waals surface area contributed by atoms with Crippen LogP contribution >= 0.6 is 68.3 Å². The predicted octanol–water partition coefficient (Wildman–Crippen LogP) is 18.3. The fourth-order valence-corrected chi connectivity index (χ4v) is 16.5. The average Bonchev–Trinajstić information content (AvgIpc) is 1.67. The Balaban J connectivity index is 0.000000156. The summed E-state index contributed by atoms with van der Waals surface area (Å²) in [6.45, 7) is 7.67. The van der Waals surface area contributed by atoms with Gasteiger partial charge in [0.25, 0.3) is 29.5 Å². The van der Waals surface area contributed by atoms with E-state index in [0.717, 1.165) is 143 Å². The van der Waals surface area contributed by atoms with Crippen LogP contribution in [0.2, 0.25) is 5.02 Å². The van der Waals surface area contributed by atoms with Crippen molar-refractivity contribution < 1.29 is 99.4 Å². The first-order valence-corrected chi connectivity index (χ1v) is 39.9. The van der Waals surface area contributed by atoms with E-state index in [-0.39, 0.29) is 77.2 Å². The number of hydrogen-bond donors (Lipinski definition) is 3. The van der Waals surface area contributed by atoms with Gasteiger partial charge in [0.1, 0.15) is 62.7 Å². The highest BCUT2D eigenvalue weighted by molar-refractivity contribution is 7.18. The van der Waals surface area contributed by atoms with Gasteiger partial charge < -0.3 is 34.9 Å². The highest BCUT2D eigenvalue weighted by atomic mass is 35.5. The maximum atomic E-state index is 12.9. The molecule has 43 heteroatoms. The zero-order chi connectivity index (χ0) is 86.1. The Bertz CT molecular complexity index is 5460. The molecule has 0 spiro atoms. The van der Waals surface area contributed by atoms with Gasteiger partial charge in [-0.3, -0.25) is 47.4 Å². The Morgan fingerprint density at radius 3 is 1.19 bits per heavy atom. The lowest BCUT2D eigenvalue weighted by molar-refractivity contribution is -0.144. The second kappa shape index (κ2) is 37.7. The van der Waals surface area contributed by atoms with E-state index >= 15 is 0 Å². The molecule has 1 atom stereocenters. The molecule has 14 rings (SSSR count). The van der Waals surface area contributed by atoms with E-state index in [1.54, 1.807) is 106 Å². The smallest absolute Gasteiger partial charge is 0.433 e. The predicted molar refractivity (Wildman–Crippen MR) is 414 cm³/mol. The van der Waals surface area contributed by atoms with Gasteiger partial charge in [0.05, 0.1) is 74.2 Å². The highest BCUT2D eigenvalue weighted by Gasteiger charge is 2.40. The quantitative estimate of drug-likeness (QED) is 0.0680. The molecule has 5 amide bonds. The molecular weight excluding hydrogens is 1700 g/mol. The molecule has 11 aromatic heterocycles. The van der Waals surface area contributed by atoms with Crippen LogP contribution in [0.3, 0.4) is 0 Å². The van der Waals surface area contributed by atoms with Crippen LogP contribution in [-0.2, 0) is 79.2 Å². The summed E-state index contributed by atoms with van der Waals surface area (Å²) in [6.07, 6.45) is -17.4. The standard InChI is InChI=1S/C17H13ClF3N3OS.C15H16F3N3O2S.C15H12F3N3O2S.C15H18F3N3OS.C13H12F3N3OS/c1-24-15(17(19,20)21)8-12(23-24)13-5-6-14(26-13)16(25)22-9-10-3-2-4-11(18)7-10;1-20-13(15(16,17)18)7-10(19-20)11-4-5-12(24-11)14(23)21-6-2-3-9(21)8-22;1-21-13(15(16,17)18)7-10(20-21)11-4-5-12(24-11)14(22)19-8-9-3-2-6-23-9;1-4-8-21(5-2)14(22)12-7-6-11(23-12)10-9-13(15(16,17)18)20(3)19-10;1-18-11(13(14,15)16)7-8(17-18)9-3-4-10(21-9)12(20)19-5-2-6-19/h2-8H,9H2,1H3,(H,22,25);4-5,7,9,22H,2-3,6,8H2,1H3;2-7H,8H2,1H3,(H,19,22);6-7,9H,4-5,8H2,1-3H3;3-4,7H,2,5-6H2,1H3. The minimum absolute atomic E-state index is 0.0653. The van der Waals surface area contributed by atoms with Gasteiger partial charge in [-0.1, -0.05) is 30.7 Å². The monoisotopic (exact) mass is 1770 g/mol.